The average molecular weight is 412 g/mol. The van der Waals surface area contributed by atoms with E-state index in [2.05, 4.69) is 11.8 Å². The van der Waals surface area contributed by atoms with Crippen molar-refractivity contribution in [1.82, 2.24) is 4.90 Å². The van der Waals surface area contributed by atoms with Crippen molar-refractivity contribution in [2.45, 2.75) is 13.3 Å². The predicted octanol–water partition coefficient (Wildman–Crippen LogP) is 2.53. The molecule has 0 aliphatic carbocycles. The summed E-state index contributed by atoms with van der Waals surface area (Å²) in [5.74, 6) is 0.672. The van der Waals surface area contributed by atoms with E-state index in [1.165, 1.54) is 5.56 Å². The van der Waals surface area contributed by atoms with E-state index in [1.54, 1.807) is 12.0 Å². The fourth-order valence-electron chi connectivity index (χ4n) is 3.25. The first-order valence-corrected chi connectivity index (χ1v) is 10.1. The number of rotatable bonds is 8. The molecular formula is C23H28N2O5. The Morgan fingerprint density at radius 2 is 1.50 bits per heavy atom. The minimum absolute atomic E-state index is 0.190. The van der Waals surface area contributed by atoms with E-state index >= 15 is 0 Å². The van der Waals surface area contributed by atoms with Crippen LogP contribution in [0.3, 0.4) is 0 Å². The topological polar surface area (TPSA) is 68.3 Å². The largest absolute Gasteiger partial charge is 0.497 e. The van der Waals surface area contributed by atoms with E-state index in [9.17, 15) is 9.59 Å². The van der Waals surface area contributed by atoms with Crippen molar-refractivity contribution in [3.8, 4) is 11.5 Å². The third-order valence-electron chi connectivity index (χ3n) is 5.11. The average Bonchev–Trinajstić information content (AvgIpc) is 2.81. The second-order valence-electron chi connectivity index (χ2n) is 7.01. The zero-order valence-electron chi connectivity index (χ0n) is 17.5. The lowest BCUT2D eigenvalue weighted by molar-refractivity contribution is -0.153. The zero-order chi connectivity index (χ0) is 21.3. The Kier molecular flexibility index (Phi) is 7.54. The standard InChI is InChI=1S/C23H28N2O5/c1-3-18-4-8-21(9-5-18)29-17-23(27)30-16-22(26)25-14-12-24(13-15-25)19-6-10-20(28-2)11-7-19/h4-11H,3,12-17H2,1-2H3. The third-order valence-corrected chi connectivity index (χ3v) is 5.11. The van der Waals surface area contributed by atoms with E-state index in [-0.39, 0.29) is 19.1 Å². The van der Waals surface area contributed by atoms with E-state index in [1.807, 2.05) is 48.5 Å². The van der Waals surface area contributed by atoms with Gasteiger partial charge >= 0.3 is 5.97 Å². The van der Waals surface area contributed by atoms with Gasteiger partial charge in [0.15, 0.2) is 13.2 Å². The zero-order valence-corrected chi connectivity index (χ0v) is 17.5. The second-order valence-corrected chi connectivity index (χ2v) is 7.01. The molecule has 2 aromatic rings. The smallest absolute Gasteiger partial charge is 0.344 e. The fourth-order valence-corrected chi connectivity index (χ4v) is 3.25. The van der Waals surface area contributed by atoms with E-state index < -0.39 is 5.97 Å². The summed E-state index contributed by atoms with van der Waals surface area (Å²) in [6.07, 6.45) is 0.943. The number of anilines is 1. The van der Waals surface area contributed by atoms with Crippen molar-refractivity contribution in [2.75, 3.05) is 51.4 Å². The maximum atomic E-state index is 12.3. The Morgan fingerprint density at radius 3 is 2.10 bits per heavy atom. The van der Waals surface area contributed by atoms with E-state index in [0.717, 1.165) is 30.9 Å². The van der Waals surface area contributed by atoms with Crippen LogP contribution in [-0.4, -0.2) is 63.3 Å². The summed E-state index contributed by atoms with van der Waals surface area (Å²) in [5, 5.41) is 0. The molecule has 0 radical (unpaired) electrons. The normalized spacial score (nSPS) is 13.7. The lowest BCUT2D eigenvalue weighted by atomic mass is 10.2. The molecule has 3 rings (SSSR count). The molecule has 0 bridgehead atoms. The number of benzene rings is 2. The van der Waals surface area contributed by atoms with Crippen LogP contribution in [0.25, 0.3) is 0 Å². The monoisotopic (exact) mass is 412 g/mol. The molecule has 160 valence electrons. The minimum atomic E-state index is -0.556. The van der Waals surface area contributed by atoms with Crippen molar-refractivity contribution < 1.29 is 23.8 Å². The van der Waals surface area contributed by atoms with Crippen LogP contribution in [0.5, 0.6) is 11.5 Å². The number of esters is 1. The third kappa shape index (κ3) is 5.89. The van der Waals surface area contributed by atoms with Gasteiger partial charge in [0, 0.05) is 31.9 Å². The van der Waals surface area contributed by atoms with Crippen molar-refractivity contribution in [3.63, 3.8) is 0 Å². The summed E-state index contributed by atoms with van der Waals surface area (Å²) < 4.78 is 15.7. The maximum Gasteiger partial charge on any atom is 0.344 e. The highest BCUT2D eigenvalue weighted by Gasteiger charge is 2.22. The number of hydrogen-bond donors (Lipinski definition) is 0. The first-order valence-electron chi connectivity index (χ1n) is 10.1. The molecule has 0 spiro atoms. The number of hydrogen-bond acceptors (Lipinski definition) is 6. The highest BCUT2D eigenvalue weighted by molar-refractivity contribution is 5.81. The van der Waals surface area contributed by atoms with Crippen molar-refractivity contribution in [1.29, 1.82) is 0 Å². The molecule has 1 heterocycles. The van der Waals surface area contributed by atoms with Crippen LogP contribution >= 0.6 is 0 Å². The summed E-state index contributed by atoms with van der Waals surface area (Å²) in [6, 6.07) is 15.4. The van der Waals surface area contributed by atoms with Crippen LogP contribution in [0.4, 0.5) is 5.69 Å². The molecule has 1 aliphatic heterocycles. The van der Waals surface area contributed by atoms with Gasteiger partial charge < -0.3 is 24.0 Å². The van der Waals surface area contributed by atoms with Gasteiger partial charge in [0.2, 0.25) is 0 Å². The summed E-state index contributed by atoms with van der Waals surface area (Å²) in [7, 11) is 1.64. The van der Waals surface area contributed by atoms with Crippen LogP contribution in [0.15, 0.2) is 48.5 Å². The molecule has 7 heteroatoms. The lowest BCUT2D eigenvalue weighted by Gasteiger charge is -2.36. The van der Waals surface area contributed by atoms with Crippen LogP contribution in [0.2, 0.25) is 0 Å². The van der Waals surface area contributed by atoms with Gasteiger partial charge in [-0.05, 0) is 48.4 Å². The molecule has 2 aromatic carbocycles. The molecule has 0 N–H and O–H groups in total. The van der Waals surface area contributed by atoms with Crippen LogP contribution in [0.1, 0.15) is 12.5 Å². The highest BCUT2D eigenvalue weighted by Crippen LogP contribution is 2.20. The molecule has 7 nitrogen and oxygen atoms in total. The number of carbonyl (C=O) groups excluding carboxylic acids is 2. The van der Waals surface area contributed by atoms with E-state index in [0.29, 0.717) is 18.8 Å². The number of carbonyl (C=O) groups is 2. The Labute approximate surface area is 177 Å². The molecule has 1 amide bonds. The predicted molar refractivity (Wildman–Crippen MR) is 114 cm³/mol. The second kappa shape index (κ2) is 10.5. The molecule has 0 unspecified atom stereocenters. The summed E-state index contributed by atoms with van der Waals surface area (Å²) in [4.78, 5) is 28.2. The lowest BCUT2D eigenvalue weighted by Crippen LogP contribution is -2.50. The maximum absolute atomic E-state index is 12.3. The highest BCUT2D eigenvalue weighted by atomic mass is 16.6. The summed E-state index contributed by atoms with van der Waals surface area (Å²) in [5.41, 5.74) is 2.29. The number of ether oxygens (including phenoxy) is 3. The van der Waals surface area contributed by atoms with Crippen molar-refractivity contribution in [2.24, 2.45) is 0 Å². The van der Waals surface area contributed by atoms with Crippen LogP contribution in [-0.2, 0) is 20.7 Å². The molecule has 30 heavy (non-hydrogen) atoms. The fraction of sp³-hybridized carbons (Fsp3) is 0.391. The van der Waals surface area contributed by atoms with Crippen LogP contribution < -0.4 is 14.4 Å². The quantitative estimate of drug-likeness (QED) is 0.621. The number of nitrogens with zero attached hydrogens (tertiary/aromatic N) is 2. The molecule has 0 saturated carbocycles. The molecule has 1 fully saturated rings. The number of aryl methyl sites for hydroxylation is 1. The molecule has 0 atom stereocenters. The van der Waals surface area contributed by atoms with Gasteiger partial charge in [-0.2, -0.15) is 0 Å². The molecular weight excluding hydrogens is 384 g/mol. The van der Waals surface area contributed by atoms with Crippen molar-refractivity contribution in [3.05, 3.63) is 54.1 Å². The minimum Gasteiger partial charge on any atom is -0.497 e. The molecule has 1 aliphatic rings. The number of amides is 1. The Bertz CT molecular complexity index is 828. The molecule has 0 aromatic heterocycles. The number of piperazine rings is 1. The first kappa shape index (κ1) is 21.5. The summed E-state index contributed by atoms with van der Waals surface area (Å²) >= 11 is 0. The van der Waals surface area contributed by atoms with Gasteiger partial charge in [-0.3, -0.25) is 4.79 Å². The van der Waals surface area contributed by atoms with Crippen LogP contribution in [0, 0.1) is 0 Å². The van der Waals surface area contributed by atoms with Gasteiger partial charge in [-0.15, -0.1) is 0 Å². The van der Waals surface area contributed by atoms with E-state index in [4.69, 9.17) is 14.2 Å². The Balaban J connectivity index is 1.37. The molecule has 1 saturated heterocycles. The summed E-state index contributed by atoms with van der Waals surface area (Å²) in [6.45, 7) is 4.21. The Hall–Kier alpha value is -3.22. The van der Waals surface area contributed by atoms with Gasteiger partial charge in [0.25, 0.3) is 5.91 Å². The first-order chi connectivity index (χ1) is 14.6. The SMILES string of the molecule is CCc1ccc(OCC(=O)OCC(=O)N2CCN(c3ccc(OC)cc3)CC2)cc1. The van der Waals surface area contributed by atoms with Crippen molar-refractivity contribution >= 4 is 17.6 Å². The van der Waals surface area contributed by atoms with Gasteiger partial charge in [-0.1, -0.05) is 19.1 Å². The van der Waals surface area contributed by atoms with Gasteiger partial charge in [0.1, 0.15) is 11.5 Å². The number of methoxy groups -OCH3 is 1. The Morgan fingerprint density at radius 1 is 0.867 bits per heavy atom. The van der Waals surface area contributed by atoms with Gasteiger partial charge in [0.05, 0.1) is 7.11 Å². The van der Waals surface area contributed by atoms with Gasteiger partial charge in [-0.25, -0.2) is 4.79 Å².